The van der Waals surface area contributed by atoms with Crippen LogP contribution in [0, 0.1) is 0 Å². The standard InChI is InChI=1S/C19H23N3O2.2ClH/c1-14-10-17(7-9-21-14)22-19(23)16-5-2-6-18(11-16)24-13-15-4-3-8-20-12-15;;/h2-6,8,11-12,14,17,21H,7,9-10,13H2,1H3,(H,22,23);2*1H. The smallest absolute Gasteiger partial charge is 0.251 e. The Labute approximate surface area is 166 Å². The molecule has 1 aromatic heterocycles. The van der Waals surface area contributed by atoms with Gasteiger partial charge in [0.25, 0.3) is 5.91 Å². The number of halogens is 2. The number of pyridine rings is 1. The Balaban J connectivity index is 0.00000169. The van der Waals surface area contributed by atoms with Crippen LogP contribution in [0.1, 0.15) is 35.7 Å². The van der Waals surface area contributed by atoms with Crippen LogP contribution in [0.5, 0.6) is 5.75 Å². The highest BCUT2D eigenvalue weighted by Crippen LogP contribution is 2.16. The highest BCUT2D eigenvalue weighted by Gasteiger charge is 2.20. The third kappa shape index (κ3) is 6.48. The molecule has 1 fully saturated rings. The minimum Gasteiger partial charge on any atom is -0.489 e. The van der Waals surface area contributed by atoms with Gasteiger partial charge in [-0.05, 0) is 50.6 Å². The van der Waals surface area contributed by atoms with E-state index in [4.69, 9.17) is 4.74 Å². The Hall–Kier alpha value is -1.82. The van der Waals surface area contributed by atoms with Gasteiger partial charge in [0.15, 0.2) is 0 Å². The van der Waals surface area contributed by atoms with Gasteiger partial charge in [-0.25, -0.2) is 0 Å². The molecule has 0 radical (unpaired) electrons. The van der Waals surface area contributed by atoms with Crippen LogP contribution < -0.4 is 15.4 Å². The Bertz CT molecular complexity index is 685. The summed E-state index contributed by atoms with van der Waals surface area (Å²) in [7, 11) is 0. The Morgan fingerprint density at radius 3 is 2.88 bits per heavy atom. The molecular formula is C19H25Cl2N3O2. The van der Waals surface area contributed by atoms with Gasteiger partial charge in [0.1, 0.15) is 12.4 Å². The lowest BCUT2D eigenvalue weighted by molar-refractivity contribution is 0.0925. The number of benzene rings is 1. The number of nitrogens with one attached hydrogen (secondary N) is 2. The highest BCUT2D eigenvalue weighted by molar-refractivity contribution is 5.94. The van der Waals surface area contributed by atoms with E-state index in [1.54, 1.807) is 18.5 Å². The predicted octanol–water partition coefficient (Wildman–Crippen LogP) is 3.37. The van der Waals surface area contributed by atoms with Crippen LogP contribution >= 0.6 is 24.8 Å². The van der Waals surface area contributed by atoms with Gasteiger partial charge >= 0.3 is 0 Å². The van der Waals surface area contributed by atoms with Gasteiger partial charge in [-0.3, -0.25) is 9.78 Å². The van der Waals surface area contributed by atoms with Gasteiger partial charge in [-0.2, -0.15) is 0 Å². The lowest BCUT2D eigenvalue weighted by atomic mass is 10.0. The third-order valence-corrected chi connectivity index (χ3v) is 4.18. The Morgan fingerprint density at radius 2 is 2.15 bits per heavy atom. The van der Waals surface area contributed by atoms with E-state index in [-0.39, 0.29) is 36.8 Å². The van der Waals surface area contributed by atoms with Crippen molar-refractivity contribution >= 4 is 30.7 Å². The molecule has 0 aliphatic carbocycles. The van der Waals surface area contributed by atoms with Crippen LogP contribution in [-0.2, 0) is 6.61 Å². The van der Waals surface area contributed by atoms with Crippen LogP contribution in [0.2, 0.25) is 0 Å². The minimum atomic E-state index is -0.0408. The molecule has 2 unspecified atom stereocenters. The molecule has 2 atom stereocenters. The molecule has 2 heterocycles. The average molecular weight is 398 g/mol. The van der Waals surface area contributed by atoms with Crippen molar-refractivity contribution in [3.63, 3.8) is 0 Å². The van der Waals surface area contributed by atoms with Gasteiger partial charge in [0.2, 0.25) is 0 Å². The summed E-state index contributed by atoms with van der Waals surface area (Å²) in [6.07, 6.45) is 5.43. The zero-order chi connectivity index (χ0) is 16.8. The van der Waals surface area contributed by atoms with Gasteiger partial charge in [0, 0.05) is 35.6 Å². The van der Waals surface area contributed by atoms with Gasteiger partial charge in [-0.15, -0.1) is 24.8 Å². The molecule has 5 nitrogen and oxygen atoms in total. The fraction of sp³-hybridized carbons (Fsp3) is 0.368. The lowest BCUT2D eigenvalue weighted by Gasteiger charge is -2.28. The van der Waals surface area contributed by atoms with Gasteiger partial charge < -0.3 is 15.4 Å². The number of hydrogen-bond donors (Lipinski definition) is 2. The number of amides is 1. The van der Waals surface area contributed by atoms with Crippen molar-refractivity contribution in [2.24, 2.45) is 0 Å². The van der Waals surface area contributed by atoms with E-state index in [1.807, 2.05) is 30.3 Å². The van der Waals surface area contributed by atoms with Crippen LogP contribution in [0.15, 0.2) is 48.8 Å². The van der Waals surface area contributed by atoms with Crippen molar-refractivity contribution in [2.75, 3.05) is 6.54 Å². The van der Waals surface area contributed by atoms with E-state index in [0.717, 1.165) is 24.9 Å². The summed E-state index contributed by atoms with van der Waals surface area (Å²) in [6, 6.07) is 11.8. The molecule has 1 saturated heterocycles. The zero-order valence-electron chi connectivity index (χ0n) is 14.7. The Kier molecular flexibility index (Phi) is 9.41. The second kappa shape index (κ2) is 11.0. The maximum Gasteiger partial charge on any atom is 0.251 e. The summed E-state index contributed by atoms with van der Waals surface area (Å²) in [5.74, 6) is 0.645. The minimum absolute atomic E-state index is 0. The molecule has 1 aromatic carbocycles. The van der Waals surface area contributed by atoms with E-state index in [2.05, 4.69) is 22.5 Å². The molecule has 2 aromatic rings. The molecular weight excluding hydrogens is 373 g/mol. The van der Waals surface area contributed by atoms with E-state index < -0.39 is 0 Å². The summed E-state index contributed by atoms with van der Waals surface area (Å²) >= 11 is 0. The fourth-order valence-electron chi connectivity index (χ4n) is 2.91. The van der Waals surface area contributed by atoms with Crippen LogP contribution in [0.3, 0.4) is 0 Å². The van der Waals surface area contributed by atoms with Crippen LogP contribution in [0.4, 0.5) is 0 Å². The molecule has 142 valence electrons. The average Bonchev–Trinajstić information content (AvgIpc) is 2.61. The molecule has 1 amide bonds. The normalized spacial score (nSPS) is 18.8. The predicted molar refractivity (Wildman–Crippen MR) is 107 cm³/mol. The maximum atomic E-state index is 12.4. The molecule has 1 aliphatic rings. The largest absolute Gasteiger partial charge is 0.489 e. The van der Waals surface area contributed by atoms with Crippen molar-refractivity contribution in [1.82, 2.24) is 15.6 Å². The van der Waals surface area contributed by atoms with Crippen LogP contribution in [0.25, 0.3) is 0 Å². The quantitative estimate of drug-likeness (QED) is 0.811. The number of carbonyl (C=O) groups excluding carboxylic acids is 1. The van der Waals surface area contributed by atoms with E-state index in [0.29, 0.717) is 24.0 Å². The first-order valence-corrected chi connectivity index (χ1v) is 8.37. The SMILES string of the molecule is CC1CC(NC(=O)c2cccc(OCc3cccnc3)c2)CCN1.Cl.Cl. The molecule has 0 saturated carbocycles. The Morgan fingerprint density at radius 1 is 1.31 bits per heavy atom. The third-order valence-electron chi connectivity index (χ3n) is 4.18. The molecule has 0 bridgehead atoms. The second-order valence-corrected chi connectivity index (χ2v) is 6.23. The summed E-state index contributed by atoms with van der Waals surface area (Å²) < 4.78 is 5.76. The fourth-order valence-corrected chi connectivity index (χ4v) is 2.91. The van der Waals surface area contributed by atoms with Gasteiger partial charge in [0.05, 0.1) is 0 Å². The zero-order valence-corrected chi connectivity index (χ0v) is 16.3. The number of ether oxygens (including phenoxy) is 1. The monoisotopic (exact) mass is 397 g/mol. The number of rotatable bonds is 5. The van der Waals surface area contributed by atoms with E-state index in [1.165, 1.54) is 0 Å². The second-order valence-electron chi connectivity index (χ2n) is 6.23. The van der Waals surface area contributed by atoms with E-state index in [9.17, 15) is 4.79 Å². The number of carbonyl (C=O) groups is 1. The first-order chi connectivity index (χ1) is 11.7. The van der Waals surface area contributed by atoms with Crippen LogP contribution in [-0.4, -0.2) is 29.5 Å². The highest BCUT2D eigenvalue weighted by atomic mass is 35.5. The summed E-state index contributed by atoms with van der Waals surface area (Å²) in [4.78, 5) is 16.5. The number of aromatic nitrogens is 1. The molecule has 0 spiro atoms. The summed E-state index contributed by atoms with van der Waals surface area (Å²) in [6.45, 7) is 3.52. The first-order valence-electron chi connectivity index (χ1n) is 8.37. The molecule has 3 rings (SSSR count). The summed E-state index contributed by atoms with van der Waals surface area (Å²) in [5.41, 5.74) is 1.63. The number of hydrogen-bond acceptors (Lipinski definition) is 4. The van der Waals surface area contributed by atoms with Crippen molar-refractivity contribution in [1.29, 1.82) is 0 Å². The van der Waals surface area contributed by atoms with Crippen molar-refractivity contribution < 1.29 is 9.53 Å². The molecule has 7 heteroatoms. The number of nitrogens with zero attached hydrogens (tertiary/aromatic N) is 1. The van der Waals surface area contributed by atoms with Crippen molar-refractivity contribution in [3.05, 3.63) is 59.9 Å². The number of piperidine rings is 1. The van der Waals surface area contributed by atoms with Gasteiger partial charge in [-0.1, -0.05) is 12.1 Å². The molecule has 1 aliphatic heterocycles. The van der Waals surface area contributed by atoms with Crippen molar-refractivity contribution in [3.8, 4) is 5.75 Å². The van der Waals surface area contributed by atoms with E-state index >= 15 is 0 Å². The summed E-state index contributed by atoms with van der Waals surface area (Å²) in [5, 5.41) is 6.51. The topological polar surface area (TPSA) is 63.2 Å². The van der Waals surface area contributed by atoms with Crippen molar-refractivity contribution in [2.45, 2.75) is 38.5 Å². The molecule has 26 heavy (non-hydrogen) atoms. The molecule has 2 N–H and O–H groups in total. The maximum absolute atomic E-state index is 12.4. The lowest BCUT2D eigenvalue weighted by Crippen LogP contribution is -2.46. The first kappa shape index (κ1) is 22.2.